The summed E-state index contributed by atoms with van der Waals surface area (Å²) in [6.07, 6.45) is 0. The Hall–Kier alpha value is -4.57. The molecule has 0 bridgehead atoms. The van der Waals surface area contributed by atoms with Gasteiger partial charge in [0.15, 0.2) is 0 Å². The Morgan fingerprint density at radius 2 is 1.70 bits per heavy atom. The van der Waals surface area contributed by atoms with E-state index < -0.39 is 23.3 Å². The maximum atomic E-state index is 13.4. The van der Waals surface area contributed by atoms with E-state index in [1.165, 1.54) is 11.0 Å². The van der Waals surface area contributed by atoms with Crippen molar-refractivity contribution in [2.45, 2.75) is 19.6 Å². The van der Waals surface area contributed by atoms with E-state index in [-0.39, 0.29) is 17.0 Å². The first-order valence-corrected chi connectivity index (χ1v) is 13.2. The van der Waals surface area contributed by atoms with Gasteiger partial charge >= 0.3 is 0 Å². The van der Waals surface area contributed by atoms with Crippen LogP contribution in [-0.4, -0.2) is 82.5 Å². The second-order valence-corrected chi connectivity index (χ2v) is 10.1. The Morgan fingerprint density at radius 3 is 2.48 bits per heavy atom. The molecule has 0 saturated carbocycles. The molecule has 0 aromatic heterocycles. The van der Waals surface area contributed by atoms with Crippen molar-refractivity contribution >= 4 is 17.7 Å². The quantitative estimate of drug-likeness (QED) is 0.398. The molecule has 2 heterocycles. The van der Waals surface area contributed by atoms with Gasteiger partial charge in [0, 0.05) is 52.4 Å². The fourth-order valence-corrected chi connectivity index (χ4v) is 5.00. The number of fused-ring (bicyclic) bond motifs is 1. The van der Waals surface area contributed by atoms with Gasteiger partial charge in [-0.2, -0.15) is 0 Å². The summed E-state index contributed by atoms with van der Waals surface area (Å²) in [5, 5.41) is 23.7. The summed E-state index contributed by atoms with van der Waals surface area (Å²) >= 11 is 0. The zero-order chi connectivity index (χ0) is 28.2. The fraction of sp³-hybridized carbons (Fsp3) is 0.300. The fourth-order valence-electron chi connectivity index (χ4n) is 5.00. The first kappa shape index (κ1) is 27.0. The molecule has 3 aromatic rings. The van der Waals surface area contributed by atoms with E-state index in [2.05, 4.69) is 5.32 Å². The normalized spacial score (nSPS) is 14.9. The molecule has 0 spiro atoms. The van der Waals surface area contributed by atoms with E-state index in [9.17, 15) is 24.6 Å². The summed E-state index contributed by atoms with van der Waals surface area (Å²) in [5.74, 6) is -1.00. The Labute approximate surface area is 232 Å². The Kier molecular flexibility index (Phi) is 7.88. The van der Waals surface area contributed by atoms with Gasteiger partial charge in [0.2, 0.25) is 5.91 Å². The molecule has 2 aliphatic rings. The van der Waals surface area contributed by atoms with Crippen LogP contribution in [0.1, 0.15) is 37.4 Å². The lowest BCUT2D eigenvalue weighted by Crippen LogP contribution is -2.48. The largest absolute Gasteiger partial charge is 0.507 e. The second-order valence-electron chi connectivity index (χ2n) is 10.1. The van der Waals surface area contributed by atoms with Crippen molar-refractivity contribution < 1.29 is 29.3 Å². The Balaban J connectivity index is 1.24. The van der Waals surface area contributed by atoms with Crippen molar-refractivity contribution in [3.05, 3.63) is 88.5 Å². The van der Waals surface area contributed by atoms with Crippen LogP contribution in [0.3, 0.4) is 0 Å². The molecule has 10 nitrogen and oxygen atoms in total. The number of phenols is 2. The minimum Gasteiger partial charge on any atom is -0.507 e. The number of ether oxygens (including phenoxy) is 1. The summed E-state index contributed by atoms with van der Waals surface area (Å²) in [4.78, 5) is 43.2. The number of hydrogen-bond acceptors (Lipinski definition) is 7. The molecule has 40 heavy (non-hydrogen) atoms. The van der Waals surface area contributed by atoms with Crippen LogP contribution in [0.2, 0.25) is 0 Å². The van der Waals surface area contributed by atoms with Gasteiger partial charge < -0.3 is 30.1 Å². The van der Waals surface area contributed by atoms with E-state index in [4.69, 9.17) is 4.74 Å². The lowest BCUT2D eigenvalue weighted by atomic mass is 10.1. The standard InChI is InChI=1S/C30H32N4O6/c1-32(16-20-5-3-2-4-6-20)29(38)24-14-25(27(36)15-26(24)35)30(39)34-17-21-7-8-23(13-22(21)18-34)40-12-11-33-10-9-31-28(37)19-33/h2-8,13-15,35-36H,9-12,16-19H2,1H3,(H,31,37). The smallest absolute Gasteiger partial charge is 0.258 e. The van der Waals surface area contributed by atoms with E-state index in [0.717, 1.165) is 29.3 Å². The molecule has 1 fully saturated rings. The van der Waals surface area contributed by atoms with Gasteiger partial charge in [-0.1, -0.05) is 36.4 Å². The minimum atomic E-state index is -0.466. The summed E-state index contributed by atoms with van der Waals surface area (Å²) < 4.78 is 5.90. The van der Waals surface area contributed by atoms with E-state index >= 15 is 0 Å². The van der Waals surface area contributed by atoms with Gasteiger partial charge in [-0.25, -0.2) is 0 Å². The molecular formula is C30H32N4O6. The molecule has 0 aliphatic carbocycles. The van der Waals surface area contributed by atoms with Crippen molar-refractivity contribution in [1.82, 2.24) is 20.0 Å². The molecule has 5 rings (SSSR count). The molecule has 3 amide bonds. The number of nitrogens with zero attached hydrogens (tertiary/aromatic N) is 3. The number of benzene rings is 3. The van der Waals surface area contributed by atoms with Gasteiger partial charge in [-0.05, 0) is 34.9 Å². The van der Waals surface area contributed by atoms with Gasteiger partial charge in [-0.3, -0.25) is 19.3 Å². The third kappa shape index (κ3) is 6.02. The highest BCUT2D eigenvalue weighted by Crippen LogP contribution is 2.33. The average Bonchev–Trinajstić information content (AvgIpc) is 3.37. The number of nitrogens with one attached hydrogen (secondary N) is 1. The van der Waals surface area contributed by atoms with E-state index in [1.54, 1.807) is 11.9 Å². The number of phenolic OH excluding ortho intramolecular Hbond substituents is 2. The highest BCUT2D eigenvalue weighted by Gasteiger charge is 2.29. The number of hydrogen-bond donors (Lipinski definition) is 3. The number of carbonyl (C=O) groups excluding carboxylic acids is 3. The first-order chi connectivity index (χ1) is 19.3. The summed E-state index contributed by atoms with van der Waals surface area (Å²) in [5.41, 5.74) is 2.71. The zero-order valence-corrected chi connectivity index (χ0v) is 22.3. The van der Waals surface area contributed by atoms with Gasteiger partial charge in [0.05, 0.1) is 17.7 Å². The Morgan fingerprint density at radius 1 is 0.950 bits per heavy atom. The van der Waals surface area contributed by atoms with Crippen molar-refractivity contribution in [1.29, 1.82) is 0 Å². The third-order valence-corrected chi connectivity index (χ3v) is 7.17. The number of rotatable bonds is 8. The number of aromatic hydroxyl groups is 2. The molecule has 0 atom stereocenters. The molecule has 208 valence electrons. The molecule has 3 N–H and O–H groups in total. The molecule has 10 heteroatoms. The number of amides is 3. The summed E-state index contributed by atoms with van der Waals surface area (Å²) in [7, 11) is 1.61. The molecule has 0 unspecified atom stereocenters. The van der Waals surface area contributed by atoms with Crippen LogP contribution in [-0.2, 0) is 24.4 Å². The van der Waals surface area contributed by atoms with E-state index in [0.29, 0.717) is 51.6 Å². The van der Waals surface area contributed by atoms with Crippen LogP contribution in [0.5, 0.6) is 17.2 Å². The molecular weight excluding hydrogens is 512 g/mol. The molecule has 3 aromatic carbocycles. The average molecular weight is 545 g/mol. The summed E-state index contributed by atoms with van der Waals surface area (Å²) in [6, 6.07) is 17.4. The van der Waals surface area contributed by atoms with Crippen molar-refractivity contribution in [3.63, 3.8) is 0 Å². The summed E-state index contributed by atoms with van der Waals surface area (Å²) in [6.45, 7) is 3.84. The topological polar surface area (TPSA) is 123 Å². The van der Waals surface area contributed by atoms with Crippen LogP contribution in [0, 0.1) is 0 Å². The molecule has 0 radical (unpaired) electrons. The van der Waals surface area contributed by atoms with Gasteiger partial charge in [0.1, 0.15) is 23.9 Å². The SMILES string of the molecule is CN(Cc1ccccc1)C(=O)c1cc(C(=O)N2Cc3ccc(OCCN4CCNC(=O)C4)cc3C2)c(O)cc1O. The van der Waals surface area contributed by atoms with E-state index in [1.807, 2.05) is 53.4 Å². The predicted octanol–water partition coefficient (Wildman–Crippen LogP) is 2.34. The van der Waals surface area contributed by atoms with Crippen LogP contribution in [0.25, 0.3) is 0 Å². The minimum absolute atomic E-state index is 0.0175. The van der Waals surface area contributed by atoms with Crippen LogP contribution in [0.15, 0.2) is 60.7 Å². The molecule has 2 aliphatic heterocycles. The molecule has 1 saturated heterocycles. The lowest BCUT2D eigenvalue weighted by molar-refractivity contribution is -0.124. The highest BCUT2D eigenvalue weighted by molar-refractivity contribution is 6.03. The maximum Gasteiger partial charge on any atom is 0.258 e. The first-order valence-electron chi connectivity index (χ1n) is 13.2. The number of piperazine rings is 1. The van der Waals surface area contributed by atoms with Crippen LogP contribution >= 0.6 is 0 Å². The second kappa shape index (κ2) is 11.7. The predicted molar refractivity (Wildman–Crippen MR) is 147 cm³/mol. The van der Waals surface area contributed by atoms with Crippen molar-refractivity contribution in [2.24, 2.45) is 0 Å². The third-order valence-electron chi connectivity index (χ3n) is 7.17. The lowest BCUT2D eigenvalue weighted by Gasteiger charge is -2.26. The van der Waals surface area contributed by atoms with Gasteiger partial charge in [0.25, 0.3) is 11.8 Å². The van der Waals surface area contributed by atoms with Crippen LogP contribution < -0.4 is 10.1 Å². The van der Waals surface area contributed by atoms with Crippen molar-refractivity contribution in [2.75, 3.05) is 39.8 Å². The number of carbonyl (C=O) groups is 3. The van der Waals surface area contributed by atoms with Crippen molar-refractivity contribution in [3.8, 4) is 17.2 Å². The maximum absolute atomic E-state index is 13.4. The van der Waals surface area contributed by atoms with Crippen LogP contribution in [0.4, 0.5) is 0 Å². The monoisotopic (exact) mass is 544 g/mol. The highest BCUT2D eigenvalue weighted by atomic mass is 16.5. The Bertz CT molecular complexity index is 1430. The van der Waals surface area contributed by atoms with Gasteiger partial charge in [-0.15, -0.1) is 0 Å². The zero-order valence-electron chi connectivity index (χ0n) is 22.3.